The highest BCUT2D eigenvalue weighted by atomic mass is 35.5. The summed E-state index contributed by atoms with van der Waals surface area (Å²) < 4.78 is 0. The molecule has 0 bridgehead atoms. The van der Waals surface area contributed by atoms with Crippen molar-refractivity contribution in [3.05, 3.63) is 69.4 Å². The largest absolute Gasteiger partial charge is 0.506 e. The number of amides is 1. The Morgan fingerprint density at radius 2 is 1.86 bits per heavy atom. The molecule has 1 atom stereocenters. The maximum atomic E-state index is 12.9. The van der Waals surface area contributed by atoms with Crippen molar-refractivity contribution in [3.63, 3.8) is 0 Å². The van der Waals surface area contributed by atoms with Gasteiger partial charge in [-0.1, -0.05) is 49.2 Å². The molecule has 0 saturated carbocycles. The monoisotopic (exact) mass is 419 g/mol. The number of carbonyl (C=O) groups excluding carboxylic acids is 2. The van der Waals surface area contributed by atoms with Gasteiger partial charge in [0.2, 0.25) is 0 Å². The van der Waals surface area contributed by atoms with E-state index in [2.05, 4.69) is 0 Å². The molecule has 1 aliphatic heterocycles. The molecule has 146 valence electrons. The minimum absolute atomic E-state index is 0.0143. The van der Waals surface area contributed by atoms with Gasteiger partial charge in [-0.25, -0.2) is 0 Å². The number of anilines is 1. The summed E-state index contributed by atoms with van der Waals surface area (Å²) in [4.78, 5) is 27.1. The molecular formula is C21H19Cl2NO4. The van der Waals surface area contributed by atoms with Crippen molar-refractivity contribution < 1.29 is 19.8 Å². The van der Waals surface area contributed by atoms with E-state index in [1.54, 1.807) is 30.3 Å². The van der Waals surface area contributed by atoms with Crippen LogP contribution in [0.4, 0.5) is 5.69 Å². The number of phenolic OH excluding ortho intramolecular Hbond substituents is 1. The minimum atomic E-state index is -0.879. The number of Topliss-reactive ketones (excluding diaryl/α,β-unsaturated/α-hetero) is 1. The third-order valence-corrected chi connectivity index (χ3v) is 5.01. The smallest absolute Gasteiger partial charge is 0.294 e. The van der Waals surface area contributed by atoms with E-state index in [4.69, 9.17) is 23.2 Å². The average molecular weight is 420 g/mol. The fourth-order valence-electron chi connectivity index (χ4n) is 3.27. The van der Waals surface area contributed by atoms with E-state index in [0.717, 1.165) is 0 Å². The van der Waals surface area contributed by atoms with Crippen LogP contribution in [0.5, 0.6) is 5.75 Å². The zero-order chi connectivity index (χ0) is 20.6. The van der Waals surface area contributed by atoms with Crippen molar-refractivity contribution in [2.45, 2.75) is 26.3 Å². The number of rotatable bonds is 5. The molecule has 5 nitrogen and oxygen atoms in total. The number of carbonyl (C=O) groups is 2. The molecule has 0 spiro atoms. The van der Waals surface area contributed by atoms with Crippen LogP contribution in [0.25, 0.3) is 0 Å². The van der Waals surface area contributed by atoms with Gasteiger partial charge in [0.15, 0.2) is 11.5 Å². The first-order chi connectivity index (χ1) is 13.2. The van der Waals surface area contributed by atoms with Gasteiger partial charge >= 0.3 is 0 Å². The lowest BCUT2D eigenvalue weighted by atomic mass is 9.92. The topological polar surface area (TPSA) is 77.8 Å². The Morgan fingerprint density at radius 3 is 2.46 bits per heavy atom. The summed E-state index contributed by atoms with van der Waals surface area (Å²) in [7, 11) is 0. The Morgan fingerprint density at radius 1 is 1.14 bits per heavy atom. The number of aromatic hydroxyl groups is 1. The molecule has 1 aliphatic rings. The number of nitrogens with zero attached hydrogens (tertiary/aromatic N) is 1. The summed E-state index contributed by atoms with van der Waals surface area (Å²) in [6.45, 7) is 3.76. The lowest BCUT2D eigenvalue weighted by Crippen LogP contribution is -2.31. The van der Waals surface area contributed by atoms with Crippen LogP contribution in [0.1, 0.15) is 31.9 Å². The number of hydrogen-bond donors (Lipinski definition) is 2. The van der Waals surface area contributed by atoms with E-state index in [1.165, 1.54) is 17.0 Å². The second-order valence-corrected chi connectivity index (χ2v) is 7.90. The molecule has 3 rings (SSSR count). The van der Waals surface area contributed by atoms with Gasteiger partial charge in [-0.3, -0.25) is 14.5 Å². The van der Waals surface area contributed by atoms with Gasteiger partial charge in [0.05, 0.1) is 16.6 Å². The van der Waals surface area contributed by atoms with Gasteiger partial charge in [-0.2, -0.15) is 0 Å². The predicted molar refractivity (Wildman–Crippen MR) is 109 cm³/mol. The standard InChI is InChI=1S/C21H19Cl2NO4/c1-11(2)8-17(26)18-19(12-6-7-16(25)15(23)9-12)24(21(28)20(18)27)14-5-3-4-13(22)10-14/h3-7,9-11,19,25,27H,8H2,1-2H3. The lowest BCUT2D eigenvalue weighted by Gasteiger charge is -2.27. The van der Waals surface area contributed by atoms with Gasteiger partial charge in [0, 0.05) is 17.1 Å². The first kappa shape index (κ1) is 20.2. The van der Waals surface area contributed by atoms with Crippen LogP contribution in [0, 0.1) is 5.92 Å². The Kier molecular flexibility index (Phi) is 5.68. The van der Waals surface area contributed by atoms with E-state index < -0.39 is 17.7 Å². The number of halogens is 2. The molecule has 0 fully saturated rings. The van der Waals surface area contributed by atoms with Crippen LogP contribution < -0.4 is 4.90 Å². The number of ketones is 1. The zero-order valence-corrected chi connectivity index (χ0v) is 16.8. The van der Waals surface area contributed by atoms with E-state index in [0.29, 0.717) is 16.3 Å². The molecule has 0 aliphatic carbocycles. The SMILES string of the molecule is CC(C)CC(=O)C1=C(O)C(=O)N(c2cccc(Cl)c2)C1c1ccc(O)c(Cl)c1. The predicted octanol–water partition coefficient (Wildman–Crippen LogP) is 5.21. The second-order valence-electron chi connectivity index (χ2n) is 7.05. The van der Waals surface area contributed by atoms with Gasteiger partial charge in [-0.15, -0.1) is 0 Å². The van der Waals surface area contributed by atoms with Crippen molar-refractivity contribution in [3.8, 4) is 5.75 Å². The van der Waals surface area contributed by atoms with Crippen LogP contribution in [0.15, 0.2) is 53.8 Å². The first-order valence-electron chi connectivity index (χ1n) is 8.74. The number of aliphatic hydroxyl groups is 1. The third-order valence-electron chi connectivity index (χ3n) is 4.48. The quantitative estimate of drug-likeness (QED) is 0.696. The molecule has 28 heavy (non-hydrogen) atoms. The summed E-state index contributed by atoms with van der Waals surface area (Å²) in [5.41, 5.74) is 0.943. The first-order valence-corrected chi connectivity index (χ1v) is 9.50. The molecule has 0 aromatic heterocycles. The van der Waals surface area contributed by atoms with E-state index >= 15 is 0 Å². The molecular weight excluding hydrogens is 401 g/mol. The highest BCUT2D eigenvalue weighted by molar-refractivity contribution is 6.32. The van der Waals surface area contributed by atoms with Gasteiger partial charge in [-0.05, 0) is 41.8 Å². The molecule has 2 aromatic rings. The van der Waals surface area contributed by atoms with Crippen LogP contribution in [-0.2, 0) is 9.59 Å². The maximum absolute atomic E-state index is 12.9. The fourth-order valence-corrected chi connectivity index (χ4v) is 3.65. The molecule has 2 aromatic carbocycles. The normalized spacial score (nSPS) is 17.0. The number of benzene rings is 2. The van der Waals surface area contributed by atoms with Crippen molar-refractivity contribution in [2.24, 2.45) is 5.92 Å². The highest BCUT2D eigenvalue weighted by Gasteiger charge is 2.44. The van der Waals surface area contributed by atoms with E-state index in [9.17, 15) is 19.8 Å². The zero-order valence-electron chi connectivity index (χ0n) is 15.3. The number of hydrogen-bond acceptors (Lipinski definition) is 4. The summed E-state index contributed by atoms with van der Waals surface area (Å²) in [5.74, 6) is -1.66. The highest BCUT2D eigenvalue weighted by Crippen LogP contribution is 2.43. The fraction of sp³-hybridized carbons (Fsp3) is 0.238. The average Bonchev–Trinajstić information content (AvgIpc) is 2.88. The van der Waals surface area contributed by atoms with Gasteiger partial charge in [0.1, 0.15) is 5.75 Å². The lowest BCUT2D eigenvalue weighted by molar-refractivity contribution is -0.118. The summed E-state index contributed by atoms with van der Waals surface area (Å²) in [5, 5.41) is 20.8. The van der Waals surface area contributed by atoms with Crippen molar-refractivity contribution >= 4 is 40.6 Å². The minimum Gasteiger partial charge on any atom is -0.506 e. The Bertz CT molecular complexity index is 984. The van der Waals surface area contributed by atoms with Crippen LogP contribution in [-0.4, -0.2) is 21.9 Å². The van der Waals surface area contributed by atoms with E-state index in [-0.39, 0.29) is 34.5 Å². The van der Waals surface area contributed by atoms with Crippen molar-refractivity contribution in [2.75, 3.05) is 4.90 Å². The second kappa shape index (κ2) is 7.86. The molecule has 0 radical (unpaired) electrons. The molecule has 1 amide bonds. The molecule has 2 N–H and O–H groups in total. The van der Waals surface area contributed by atoms with Crippen LogP contribution in [0.2, 0.25) is 10.0 Å². The number of aliphatic hydroxyl groups excluding tert-OH is 1. The summed E-state index contributed by atoms with van der Waals surface area (Å²) >= 11 is 12.1. The van der Waals surface area contributed by atoms with Crippen LogP contribution in [0.3, 0.4) is 0 Å². The molecule has 1 unspecified atom stereocenters. The summed E-state index contributed by atoms with van der Waals surface area (Å²) in [6, 6.07) is 10.1. The molecule has 0 saturated heterocycles. The molecule has 1 heterocycles. The Labute approximate surface area is 172 Å². The van der Waals surface area contributed by atoms with E-state index in [1.807, 2.05) is 13.8 Å². The number of phenols is 1. The Hall–Kier alpha value is -2.50. The molecule has 7 heteroatoms. The van der Waals surface area contributed by atoms with Crippen molar-refractivity contribution in [1.29, 1.82) is 0 Å². The maximum Gasteiger partial charge on any atom is 0.294 e. The Balaban J connectivity index is 2.18. The van der Waals surface area contributed by atoms with Crippen LogP contribution >= 0.6 is 23.2 Å². The third kappa shape index (κ3) is 3.73. The summed E-state index contributed by atoms with van der Waals surface area (Å²) in [6.07, 6.45) is 0.179. The van der Waals surface area contributed by atoms with Crippen molar-refractivity contribution in [1.82, 2.24) is 0 Å². The van der Waals surface area contributed by atoms with Gasteiger partial charge in [0.25, 0.3) is 5.91 Å². The van der Waals surface area contributed by atoms with Gasteiger partial charge < -0.3 is 10.2 Å².